The molecule has 13 rings (SSSR count). The van der Waals surface area contributed by atoms with Gasteiger partial charge in [-0.25, -0.2) is 9.59 Å². The fourth-order valence-electron chi connectivity index (χ4n) is 13.5. The smallest absolute Gasteiger partial charge is 0.338 e. The first kappa shape index (κ1) is 42.1. The first-order chi connectivity index (χ1) is 32.2. The maximum atomic E-state index is 15.5. The zero-order valence-electron chi connectivity index (χ0n) is 37.0. The highest BCUT2D eigenvalue weighted by atomic mass is 16.5. The van der Waals surface area contributed by atoms with E-state index in [0.717, 1.165) is 51.1 Å². The van der Waals surface area contributed by atoms with Crippen LogP contribution in [0.3, 0.4) is 0 Å². The Morgan fingerprint density at radius 1 is 0.576 bits per heavy atom. The van der Waals surface area contributed by atoms with Crippen molar-refractivity contribution in [3.05, 3.63) is 172 Å². The van der Waals surface area contributed by atoms with E-state index in [4.69, 9.17) is 9.47 Å². The fraction of sp³-hybridized carbons (Fsp3) is 0.375. The number of nitrogens with zero attached hydrogens (tertiary/aromatic N) is 1. The first-order valence-corrected chi connectivity index (χ1v) is 23.8. The number of amides is 3. The van der Waals surface area contributed by atoms with Crippen LogP contribution < -0.4 is 10.6 Å². The van der Waals surface area contributed by atoms with E-state index in [0.29, 0.717) is 25.9 Å². The van der Waals surface area contributed by atoms with Gasteiger partial charge in [-0.15, -0.1) is 0 Å². The van der Waals surface area contributed by atoms with E-state index in [1.807, 2.05) is 84.9 Å². The van der Waals surface area contributed by atoms with Crippen molar-refractivity contribution in [3.8, 4) is 0 Å². The van der Waals surface area contributed by atoms with Gasteiger partial charge in [-0.1, -0.05) is 109 Å². The molecule has 0 aromatic heterocycles. The number of carbonyl (C=O) groups excluding carboxylic acids is 5. The van der Waals surface area contributed by atoms with E-state index in [1.54, 1.807) is 4.90 Å². The molecule has 10 heteroatoms. The molecule has 1 aliphatic heterocycles. The molecule has 2 N–H and O–H groups in total. The van der Waals surface area contributed by atoms with Crippen molar-refractivity contribution in [1.29, 1.82) is 0 Å². The molecular formula is C56H55N3O7. The highest BCUT2D eigenvalue weighted by molar-refractivity contribution is 6.02. The molecule has 4 saturated carbocycles. The van der Waals surface area contributed by atoms with Crippen LogP contribution in [0.4, 0.5) is 5.69 Å². The van der Waals surface area contributed by atoms with Crippen LogP contribution in [0.2, 0.25) is 0 Å². The number of carbonyl (C=O) groups is 5. The van der Waals surface area contributed by atoms with Crippen LogP contribution in [0.15, 0.2) is 127 Å². The number of nitrogens with one attached hydrogen (secondary N) is 2. The predicted molar refractivity (Wildman–Crippen MR) is 248 cm³/mol. The molecule has 0 spiro atoms. The molecule has 5 fully saturated rings. The monoisotopic (exact) mass is 881 g/mol. The average Bonchev–Trinajstić information content (AvgIpc) is 3.84. The molecule has 0 unspecified atom stereocenters. The average molecular weight is 882 g/mol. The van der Waals surface area contributed by atoms with Gasteiger partial charge in [0.2, 0.25) is 17.7 Å². The molecular weight excluding hydrogens is 827 g/mol. The number of hydrogen-bond donors (Lipinski definition) is 2. The minimum atomic E-state index is -0.846. The van der Waals surface area contributed by atoms with Crippen LogP contribution in [0.1, 0.15) is 117 Å². The number of fused-ring (bicyclic) bond motifs is 1. The highest BCUT2D eigenvalue weighted by Gasteiger charge is 2.58. The third-order valence-corrected chi connectivity index (χ3v) is 15.8. The van der Waals surface area contributed by atoms with E-state index in [1.165, 1.54) is 56.7 Å². The molecule has 7 aliphatic carbocycles. The number of esters is 2. The lowest BCUT2D eigenvalue weighted by atomic mass is 9.49. The number of hydrogen-bond acceptors (Lipinski definition) is 7. The van der Waals surface area contributed by atoms with Crippen molar-refractivity contribution in [1.82, 2.24) is 10.2 Å². The Morgan fingerprint density at radius 2 is 1.05 bits per heavy atom. The third kappa shape index (κ3) is 7.88. The molecule has 6 bridgehead atoms. The summed E-state index contributed by atoms with van der Waals surface area (Å²) in [5.74, 6) is -1.88. The lowest BCUT2D eigenvalue weighted by Gasteiger charge is -2.57. The van der Waals surface area contributed by atoms with Crippen LogP contribution in [-0.2, 0) is 37.1 Å². The summed E-state index contributed by atoms with van der Waals surface area (Å²) in [7, 11) is 0. The first-order valence-electron chi connectivity index (χ1n) is 23.8. The molecule has 1 heterocycles. The molecule has 0 radical (unpaired) electrons. The second-order valence-electron chi connectivity index (χ2n) is 20.0. The molecule has 66 heavy (non-hydrogen) atoms. The van der Waals surface area contributed by atoms with Gasteiger partial charge < -0.3 is 25.0 Å². The Balaban J connectivity index is 0.873. The molecule has 3 amide bonds. The van der Waals surface area contributed by atoms with E-state index < -0.39 is 35.7 Å². The predicted octanol–water partition coefficient (Wildman–Crippen LogP) is 9.19. The summed E-state index contributed by atoms with van der Waals surface area (Å²) in [6.45, 7) is 1.03. The van der Waals surface area contributed by atoms with Gasteiger partial charge in [-0.2, -0.15) is 0 Å². The zero-order valence-corrected chi connectivity index (χ0v) is 37.0. The summed E-state index contributed by atoms with van der Waals surface area (Å²) in [6.07, 6.45) is 8.49. The molecule has 8 aliphatic rings. The maximum absolute atomic E-state index is 15.5. The van der Waals surface area contributed by atoms with Crippen molar-refractivity contribution in [3.63, 3.8) is 0 Å². The quantitative estimate of drug-likeness (QED) is 0.120. The van der Waals surface area contributed by atoms with E-state index in [9.17, 15) is 14.4 Å². The SMILES string of the molecule is O=C(OCc1ccccc1)c1cc(NC(=O)[C@H]2CCCN2C(=O)[C@@H]2C3c4ccccc4C(c4ccccc43)[C@@H]2C(=O)NCC23CC4CC(CC(C4)C2)C3)cc(C(=O)OCc2ccccc2)c1. The lowest BCUT2D eigenvalue weighted by molar-refractivity contribution is -0.147. The molecule has 5 aromatic rings. The van der Waals surface area contributed by atoms with Crippen LogP contribution in [-0.4, -0.2) is 53.7 Å². The molecule has 1 saturated heterocycles. The maximum Gasteiger partial charge on any atom is 0.338 e. The van der Waals surface area contributed by atoms with Crippen LogP contribution in [0.5, 0.6) is 0 Å². The van der Waals surface area contributed by atoms with Gasteiger partial charge in [0.05, 0.1) is 23.0 Å². The van der Waals surface area contributed by atoms with Crippen LogP contribution >= 0.6 is 0 Å². The van der Waals surface area contributed by atoms with Gasteiger partial charge in [-0.3, -0.25) is 14.4 Å². The second-order valence-corrected chi connectivity index (χ2v) is 20.0. The Bertz CT molecular complexity index is 2540. The summed E-state index contributed by atoms with van der Waals surface area (Å²) in [4.78, 5) is 73.9. The molecule has 5 aromatic carbocycles. The topological polar surface area (TPSA) is 131 Å². The lowest BCUT2D eigenvalue weighted by Crippen LogP contribution is -2.57. The van der Waals surface area contributed by atoms with Gasteiger partial charge >= 0.3 is 11.9 Å². The van der Waals surface area contributed by atoms with Crippen LogP contribution in [0, 0.1) is 35.0 Å². The van der Waals surface area contributed by atoms with E-state index >= 15 is 9.59 Å². The van der Waals surface area contributed by atoms with Crippen molar-refractivity contribution in [2.24, 2.45) is 35.0 Å². The van der Waals surface area contributed by atoms with E-state index in [2.05, 4.69) is 34.9 Å². The van der Waals surface area contributed by atoms with Crippen LogP contribution in [0.25, 0.3) is 0 Å². The largest absolute Gasteiger partial charge is 0.457 e. The van der Waals surface area contributed by atoms with Gasteiger partial charge in [0, 0.05) is 30.6 Å². The number of ether oxygens (including phenoxy) is 2. The Kier molecular flexibility index (Phi) is 11.1. The summed E-state index contributed by atoms with van der Waals surface area (Å²) in [5.41, 5.74) is 6.35. The van der Waals surface area contributed by atoms with Gasteiger partial charge in [-0.05, 0) is 126 Å². The van der Waals surface area contributed by atoms with Crippen molar-refractivity contribution >= 4 is 35.3 Å². The minimum absolute atomic E-state index is 0.0163. The number of anilines is 1. The normalized spacial score (nSPS) is 27.4. The Labute approximate surface area is 385 Å². The Morgan fingerprint density at radius 3 is 1.55 bits per heavy atom. The second kappa shape index (κ2) is 17.3. The summed E-state index contributed by atoms with van der Waals surface area (Å²) >= 11 is 0. The molecule has 3 atom stereocenters. The van der Waals surface area contributed by atoms with Crippen molar-refractivity contribution in [2.75, 3.05) is 18.4 Å². The molecule has 10 nitrogen and oxygen atoms in total. The highest BCUT2D eigenvalue weighted by Crippen LogP contribution is 2.61. The van der Waals surface area contributed by atoms with E-state index in [-0.39, 0.29) is 59.1 Å². The number of benzene rings is 5. The number of rotatable bonds is 12. The van der Waals surface area contributed by atoms with Crippen molar-refractivity contribution < 1.29 is 33.4 Å². The summed E-state index contributed by atoms with van der Waals surface area (Å²) in [6, 6.07) is 38.6. The number of likely N-dealkylation sites (tertiary alicyclic amines) is 1. The molecule has 336 valence electrons. The zero-order chi connectivity index (χ0) is 44.9. The Hall–Kier alpha value is -6.55. The van der Waals surface area contributed by atoms with Gasteiger partial charge in [0.15, 0.2) is 0 Å². The van der Waals surface area contributed by atoms with Gasteiger partial charge in [0.25, 0.3) is 0 Å². The minimum Gasteiger partial charge on any atom is -0.457 e. The fourth-order valence-corrected chi connectivity index (χ4v) is 13.5. The summed E-state index contributed by atoms with van der Waals surface area (Å²) < 4.78 is 11.3. The summed E-state index contributed by atoms with van der Waals surface area (Å²) in [5, 5.41) is 6.46. The standard InChI is InChI=1S/C56H55N3O7/c60-51(58-41-26-39(54(63)65-31-34-12-3-1-4-13-34)25-40(27-41)55(64)66-32-35-14-5-2-6-15-35)46-20-11-21-59(46)53(62)50-48-44-18-9-7-16-42(44)47(43-17-8-10-19-45(43)48)49(50)52(61)57-33-56-28-36-22-37(29-56)24-38(23-36)30-56/h1-10,12-19,25-27,36-38,46-50H,11,20-24,28-33H2,(H,57,61)(H,58,60)/t36?,37?,38?,46-,47?,48?,49+,50-,56?/m1/s1. The van der Waals surface area contributed by atoms with Crippen molar-refractivity contribution in [2.45, 2.75) is 82.5 Å². The van der Waals surface area contributed by atoms with Gasteiger partial charge in [0.1, 0.15) is 19.3 Å². The third-order valence-electron chi connectivity index (χ3n) is 15.8.